The largest absolute Gasteiger partial charge is 0.480 e. The van der Waals surface area contributed by atoms with Crippen LogP contribution in [-0.2, 0) is 12.0 Å². The minimum Gasteiger partial charge on any atom is -0.480 e. The van der Waals surface area contributed by atoms with E-state index in [-0.39, 0.29) is 47.2 Å². The van der Waals surface area contributed by atoms with E-state index in [1.807, 2.05) is 0 Å². The predicted molar refractivity (Wildman–Crippen MR) is 125 cm³/mol. The summed E-state index contributed by atoms with van der Waals surface area (Å²) in [5.74, 6) is -3.30. The van der Waals surface area contributed by atoms with Gasteiger partial charge in [-0.3, -0.25) is 4.79 Å². The zero-order chi connectivity index (χ0) is 25.5. The number of benzene rings is 3. The summed E-state index contributed by atoms with van der Waals surface area (Å²) < 4.78 is 64.4. The average molecular weight is 527 g/mol. The number of aliphatic hydroxyl groups is 1. The molecule has 0 saturated heterocycles. The van der Waals surface area contributed by atoms with Gasteiger partial charge in [-0.05, 0) is 29.5 Å². The summed E-state index contributed by atoms with van der Waals surface area (Å²) in [6.45, 7) is -1.59. The predicted octanol–water partition coefficient (Wildman–Crippen LogP) is 4.85. The molecule has 35 heavy (non-hydrogen) atoms. The van der Waals surface area contributed by atoms with Crippen LogP contribution < -0.4 is 16.2 Å². The van der Waals surface area contributed by atoms with Crippen molar-refractivity contribution >= 4 is 29.3 Å². The Morgan fingerprint density at radius 1 is 1.17 bits per heavy atom. The van der Waals surface area contributed by atoms with Crippen LogP contribution in [0.15, 0.2) is 53.4 Å². The van der Waals surface area contributed by atoms with Gasteiger partial charge in [0.15, 0.2) is 5.60 Å². The fourth-order valence-electron chi connectivity index (χ4n) is 4.11. The molecule has 3 aromatic rings. The van der Waals surface area contributed by atoms with Crippen LogP contribution in [0.25, 0.3) is 11.1 Å². The monoisotopic (exact) mass is 526 g/mol. The number of thioether (sulfide) groups is 1. The Kier molecular flexibility index (Phi) is 6.76. The molecule has 1 amide bonds. The van der Waals surface area contributed by atoms with Crippen molar-refractivity contribution in [3.8, 4) is 16.9 Å². The van der Waals surface area contributed by atoms with Gasteiger partial charge in [-0.25, -0.2) is 8.78 Å². The SMILES string of the molecule is NC[C@@]1(c2ccccc2)Cc2c(cc(F)c(Cl)c2-c2c(C(N)=O)ccc(SC(F)(F)CO)c2F)O1. The van der Waals surface area contributed by atoms with E-state index in [9.17, 15) is 18.0 Å². The van der Waals surface area contributed by atoms with Crippen molar-refractivity contribution in [1.82, 2.24) is 0 Å². The maximum absolute atomic E-state index is 15.7. The Labute approximate surface area is 207 Å². The summed E-state index contributed by atoms with van der Waals surface area (Å²) in [6, 6.07) is 11.9. The molecule has 0 saturated carbocycles. The van der Waals surface area contributed by atoms with Crippen LogP contribution in [0.1, 0.15) is 21.5 Å². The lowest BCUT2D eigenvalue weighted by molar-refractivity contribution is 0.0361. The summed E-state index contributed by atoms with van der Waals surface area (Å²) in [6.07, 6.45) is 0.0278. The molecular weight excluding hydrogens is 508 g/mol. The van der Waals surface area contributed by atoms with E-state index >= 15 is 4.39 Å². The summed E-state index contributed by atoms with van der Waals surface area (Å²) >= 11 is 6.03. The van der Waals surface area contributed by atoms with E-state index in [4.69, 9.17) is 32.9 Å². The second kappa shape index (κ2) is 9.34. The molecule has 1 heterocycles. The van der Waals surface area contributed by atoms with Crippen molar-refractivity contribution in [2.45, 2.75) is 22.2 Å². The Hall–Kier alpha value is -2.79. The maximum Gasteiger partial charge on any atom is 0.320 e. The van der Waals surface area contributed by atoms with E-state index in [1.165, 1.54) is 0 Å². The number of rotatable bonds is 7. The third-order valence-corrected chi connectivity index (χ3v) is 7.08. The molecular formula is C24H19ClF4N2O3S. The highest BCUT2D eigenvalue weighted by molar-refractivity contribution is 8.00. The highest BCUT2D eigenvalue weighted by Gasteiger charge is 2.43. The van der Waals surface area contributed by atoms with E-state index < -0.39 is 50.5 Å². The number of carbonyl (C=O) groups is 1. The van der Waals surface area contributed by atoms with Crippen LogP contribution in [0.5, 0.6) is 5.75 Å². The van der Waals surface area contributed by atoms with Gasteiger partial charge < -0.3 is 21.3 Å². The molecule has 0 unspecified atom stereocenters. The molecule has 5 N–H and O–H groups in total. The Balaban J connectivity index is 1.98. The van der Waals surface area contributed by atoms with Gasteiger partial charge in [0, 0.05) is 40.6 Å². The Bertz CT molecular complexity index is 1310. The lowest BCUT2D eigenvalue weighted by Crippen LogP contribution is -2.39. The fraction of sp³-hybridized carbons (Fsp3) is 0.208. The van der Waals surface area contributed by atoms with Gasteiger partial charge in [-0.1, -0.05) is 41.9 Å². The normalized spacial score (nSPS) is 17.2. The molecule has 0 aromatic heterocycles. The number of aliphatic hydroxyl groups excluding tert-OH is 1. The van der Waals surface area contributed by atoms with Gasteiger partial charge in [0.25, 0.3) is 0 Å². The van der Waals surface area contributed by atoms with Gasteiger partial charge in [0.05, 0.1) is 10.6 Å². The number of amides is 1. The third kappa shape index (κ3) is 4.47. The van der Waals surface area contributed by atoms with E-state index in [0.717, 1.165) is 18.2 Å². The molecule has 184 valence electrons. The summed E-state index contributed by atoms with van der Waals surface area (Å²) in [5.41, 5.74) is 10.1. The minimum atomic E-state index is -3.72. The third-order valence-electron chi connectivity index (χ3n) is 5.75. The molecule has 1 aliphatic heterocycles. The van der Waals surface area contributed by atoms with Gasteiger partial charge in [0.1, 0.15) is 24.0 Å². The zero-order valence-corrected chi connectivity index (χ0v) is 19.5. The first-order chi connectivity index (χ1) is 16.5. The van der Waals surface area contributed by atoms with Crippen LogP contribution in [0, 0.1) is 11.6 Å². The van der Waals surface area contributed by atoms with Gasteiger partial charge in [0.2, 0.25) is 5.91 Å². The van der Waals surface area contributed by atoms with E-state index in [0.29, 0.717) is 5.56 Å². The minimum absolute atomic E-state index is 0.0183. The van der Waals surface area contributed by atoms with Gasteiger partial charge in [-0.15, -0.1) is 0 Å². The van der Waals surface area contributed by atoms with Crippen molar-refractivity contribution in [2.75, 3.05) is 13.2 Å². The zero-order valence-electron chi connectivity index (χ0n) is 18.0. The van der Waals surface area contributed by atoms with E-state index in [2.05, 4.69) is 0 Å². The summed E-state index contributed by atoms with van der Waals surface area (Å²) in [7, 11) is 0. The van der Waals surface area contributed by atoms with E-state index in [1.54, 1.807) is 30.3 Å². The highest BCUT2D eigenvalue weighted by Crippen LogP contribution is 2.51. The highest BCUT2D eigenvalue weighted by atomic mass is 35.5. The summed E-state index contributed by atoms with van der Waals surface area (Å²) in [4.78, 5) is 11.6. The number of carbonyl (C=O) groups excluding carboxylic acids is 1. The summed E-state index contributed by atoms with van der Waals surface area (Å²) in [5, 5.41) is 4.66. The average Bonchev–Trinajstić information content (AvgIpc) is 3.21. The first-order valence-electron chi connectivity index (χ1n) is 10.3. The number of halogens is 5. The second-order valence-electron chi connectivity index (χ2n) is 7.93. The van der Waals surface area contributed by atoms with Gasteiger partial charge in [-0.2, -0.15) is 8.78 Å². The fourth-order valence-corrected chi connectivity index (χ4v) is 5.09. The second-order valence-corrected chi connectivity index (χ2v) is 9.55. The van der Waals surface area contributed by atoms with Crippen molar-refractivity contribution in [2.24, 2.45) is 11.5 Å². The molecule has 0 radical (unpaired) electrons. The number of ether oxygens (including phenoxy) is 1. The first-order valence-corrected chi connectivity index (χ1v) is 11.5. The Morgan fingerprint density at radius 2 is 1.86 bits per heavy atom. The van der Waals surface area contributed by atoms with Crippen LogP contribution in [0.3, 0.4) is 0 Å². The smallest absolute Gasteiger partial charge is 0.320 e. The molecule has 1 atom stereocenters. The lowest BCUT2D eigenvalue weighted by atomic mass is 9.85. The molecule has 3 aromatic carbocycles. The van der Waals surface area contributed by atoms with Crippen molar-refractivity contribution in [3.05, 3.63) is 81.9 Å². The molecule has 0 bridgehead atoms. The molecule has 11 heteroatoms. The molecule has 0 fully saturated rings. The number of fused-ring (bicyclic) bond motifs is 1. The number of primary amides is 1. The number of hydrogen-bond donors (Lipinski definition) is 3. The van der Waals surface area contributed by atoms with Gasteiger partial charge >= 0.3 is 5.25 Å². The number of nitrogens with two attached hydrogens (primary N) is 2. The van der Waals surface area contributed by atoms with Crippen molar-refractivity contribution < 1.29 is 32.2 Å². The topological polar surface area (TPSA) is 98.6 Å². The molecule has 5 nitrogen and oxygen atoms in total. The molecule has 0 aliphatic carbocycles. The first kappa shape index (κ1) is 25.3. The number of hydrogen-bond acceptors (Lipinski definition) is 5. The van der Waals surface area contributed by atoms with Crippen LogP contribution >= 0.6 is 23.4 Å². The molecule has 0 spiro atoms. The van der Waals surface area contributed by atoms with Crippen LogP contribution in [0.4, 0.5) is 17.6 Å². The van der Waals surface area contributed by atoms with Crippen LogP contribution in [-0.4, -0.2) is 29.4 Å². The lowest BCUT2D eigenvalue weighted by Gasteiger charge is -2.27. The Morgan fingerprint density at radius 3 is 2.46 bits per heavy atom. The number of alkyl halides is 2. The molecule has 1 aliphatic rings. The van der Waals surface area contributed by atoms with Crippen molar-refractivity contribution in [1.29, 1.82) is 0 Å². The standard InChI is InChI=1S/C24H19ClF4N2O3S/c25-20-15(26)8-16-14(9-23(10-30,34-16)12-4-2-1-3-5-12)18(20)19-13(22(31)33)6-7-17(21(19)27)35-24(28,29)11-32/h1-8,32H,9-11,30H2,(H2,31,33)/t23-/m1/s1. The van der Waals surface area contributed by atoms with Crippen molar-refractivity contribution in [3.63, 3.8) is 0 Å². The quantitative estimate of drug-likeness (QED) is 0.302. The molecule has 4 rings (SSSR count). The van der Waals surface area contributed by atoms with Crippen LogP contribution in [0.2, 0.25) is 5.02 Å². The maximum atomic E-state index is 15.7.